The van der Waals surface area contributed by atoms with Crippen LogP contribution in [0.4, 0.5) is 24.5 Å². The molecule has 1 amide bonds. The van der Waals surface area contributed by atoms with Crippen LogP contribution >= 0.6 is 0 Å². The first-order chi connectivity index (χ1) is 15.5. The van der Waals surface area contributed by atoms with Gasteiger partial charge in [-0.2, -0.15) is 13.2 Å². The summed E-state index contributed by atoms with van der Waals surface area (Å²) >= 11 is 0. The first-order valence-electron chi connectivity index (χ1n) is 9.35. The third-order valence-corrected chi connectivity index (χ3v) is 6.02. The van der Waals surface area contributed by atoms with Crippen molar-refractivity contribution in [3.63, 3.8) is 0 Å². The van der Waals surface area contributed by atoms with E-state index in [1.807, 2.05) is 0 Å². The van der Waals surface area contributed by atoms with E-state index >= 15 is 0 Å². The number of H-pyrrole nitrogens is 2. The van der Waals surface area contributed by atoms with Gasteiger partial charge in [-0.3, -0.25) is 9.52 Å². The fraction of sp³-hybridized carbons (Fsp3) is 0.0476. The molecule has 0 radical (unpaired) electrons. The molecule has 0 spiro atoms. The SMILES string of the molecule is O=C(Nc1cccc(C(F)(F)F)c1)c1ccc(NS(=O)(=O)c2ccc3[nH]c(=O)[nH]c3c2)cc1. The van der Waals surface area contributed by atoms with Crippen molar-refractivity contribution in [1.82, 2.24) is 9.97 Å². The molecular formula is C21H15F3N4O4S. The molecular weight excluding hydrogens is 461 g/mol. The van der Waals surface area contributed by atoms with Gasteiger partial charge in [-0.1, -0.05) is 6.07 Å². The molecule has 0 aliphatic heterocycles. The molecule has 3 aromatic carbocycles. The lowest BCUT2D eigenvalue weighted by Gasteiger charge is -2.11. The monoisotopic (exact) mass is 476 g/mol. The summed E-state index contributed by atoms with van der Waals surface area (Å²) in [6.07, 6.45) is -4.54. The van der Waals surface area contributed by atoms with E-state index in [0.717, 1.165) is 12.1 Å². The quantitative estimate of drug-likeness (QED) is 0.348. The number of aromatic amines is 2. The van der Waals surface area contributed by atoms with Crippen LogP contribution in [0.1, 0.15) is 15.9 Å². The molecule has 8 nitrogen and oxygen atoms in total. The number of anilines is 2. The summed E-state index contributed by atoms with van der Waals surface area (Å²) < 4.78 is 66.1. The summed E-state index contributed by atoms with van der Waals surface area (Å²) in [4.78, 5) is 28.6. The Hall–Kier alpha value is -4.06. The molecule has 0 aliphatic rings. The highest BCUT2D eigenvalue weighted by atomic mass is 32.2. The van der Waals surface area contributed by atoms with Crippen molar-refractivity contribution < 1.29 is 26.4 Å². The number of fused-ring (bicyclic) bond motifs is 1. The Morgan fingerprint density at radius 3 is 2.24 bits per heavy atom. The van der Waals surface area contributed by atoms with E-state index in [1.165, 1.54) is 54.6 Å². The molecule has 0 aliphatic carbocycles. The first-order valence-corrected chi connectivity index (χ1v) is 10.8. The number of amides is 1. The summed E-state index contributed by atoms with van der Waals surface area (Å²) in [5.41, 5.74) is -0.342. The van der Waals surface area contributed by atoms with Gasteiger partial charge in [-0.05, 0) is 60.7 Å². The normalized spacial score (nSPS) is 12.0. The van der Waals surface area contributed by atoms with Crippen LogP contribution in [0.15, 0.2) is 76.4 Å². The summed E-state index contributed by atoms with van der Waals surface area (Å²) in [6, 6.07) is 13.6. The zero-order chi connectivity index (χ0) is 23.8. The molecule has 0 saturated heterocycles. The van der Waals surface area contributed by atoms with E-state index in [0.29, 0.717) is 11.0 Å². The van der Waals surface area contributed by atoms with E-state index in [1.54, 1.807) is 0 Å². The fourth-order valence-electron chi connectivity index (χ4n) is 3.06. The van der Waals surface area contributed by atoms with Crippen LogP contribution in [-0.4, -0.2) is 24.3 Å². The van der Waals surface area contributed by atoms with Crippen molar-refractivity contribution in [3.05, 3.63) is 88.3 Å². The minimum atomic E-state index is -4.54. The number of carbonyl (C=O) groups excluding carboxylic acids is 1. The third-order valence-electron chi connectivity index (χ3n) is 4.64. The Kier molecular flexibility index (Phi) is 5.46. The maximum atomic E-state index is 12.8. The number of benzene rings is 3. The van der Waals surface area contributed by atoms with E-state index < -0.39 is 33.4 Å². The van der Waals surface area contributed by atoms with Gasteiger partial charge < -0.3 is 15.3 Å². The Balaban J connectivity index is 1.48. The van der Waals surface area contributed by atoms with Gasteiger partial charge in [0.15, 0.2) is 0 Å². The van der Waals surface area contributed by atoms with Crippen LogP contribution < -0.4 is 15.7 Å². The lowest BCUT2D eigenvalue weighted by Crippen LogP contribution is -2.14. The minimum absolute atomic E-state index is 0.0298. The molecule has 12 heteroatoms. The number of hydrogen-bond donors (Lipinski definition) is 4. The molecule has 4 rings (SSSR count). The van der Waals surface area contributed by atoms with Crippen molar-refractivity contribution in [3.8, 4) is 0 Å². The van der Waals surface area contributed by atoms with Gasteiger partial charge in [-0.25, -0.2) is 13.2 Å². The number of sulfonamides is 1. The molecule has 0 fully saturated rings. The first kappa shape index (κ1) is 22.1. The zero-order valence-corrected chi connectivity index (χ0v) is 17.3. The second-order valence-corrected chi connectivity index (χ2v) is 8.68. The van der Waals surface area contributed by atoms with Crippen LogP contribution in [0.2, 0.25) is 0 Å². The number of hydrogen-bond acceptors (Lipinski definition) is 4. The largest absolute Gasteiger partial charge is 0.416 e. The Morgan fingerprint density at radius 2 is 1.55 bits per heavy atom. The highest BCUT2D eigenvalue weighted by molar-refractivity contribution is 7.92. The molecule has 0 saturated carbocycles. The number of nitrogens with one attached hydrogen (secondary N) is 4. The molecule has 4 N–H and O–H groups in total. The Morgan fingerprint density at radius 1 is 0.848 bits per heavy atom. The number of carbonyl (C=O) groups is 1. The molecule has 0 atom stereocenters. The minimum Gasteiger partial charge on any atom is -0.322 e. The van der Waals surface area contributed by atoms with Gasteiger partial charge in [0.1, 0.15) is 0 Å². The van der Waals surface area contributed by atoms with Crippen molar-refractivity contribution in [1.29, 1.82) is 0 Å². The maximum Gasteiger partial charge on any atom is 0.416 e. The molecule has 1 heterocycles. The second-order valence-electron chi connectivity index (χ2n) is 7.00. The number of rotatable bonds is 5. The van der Waals surface area contributed by atoms with Gasteiger partial charge >= 0.3 is 11.9 Å². The highest BCUT2D eigenvalue weighted by Crippen LogP contribution is 2.30. The summed E-state index contributed by atoms with van der Waals surface area (Å²) in [7, 11) is -3.99. The van der Waals surface area contributed by atoms with Gasteiger partial charge in [0, 0.05) is 16.9 Å². The zero-order valence-electron chi connectivity index (χ0n) is 16.5. The van der Waals surface area contributed by atoms with Crippen molar-refractivity contribution in [2.45, 2.75) is 11.1 Å². The van der Waals surface area contributed by atoms with Crippen molar-refractivity contribution >= 4 is 38.3 Å². The number of alkyl halides is 3. The van der Waals surface area contributed by atoms with Crippen molar-refractivity contribution in [2.75, 3.05) is 10.0 Å². The fourth-order valence-corrected chi connectivity index (χ4v) is 4.14. The number of aromatic nitrogens is 2. The Bertz CT molecular complexity index is 1510. The third kappa shape index (κ3) is 4.90. The van der Waals surface area contributed by atoms with Crippen LogP contribution in [-0.2, 0) is 16.2 Å². The van der Waals surface area contributed by atoms with Crippen molar-refractivity contribution in [2.24, 2.45) is 0 Å². The van der Waals surface area contributed by atoms with Gasteiger partial charge in [-0.15, -0.1) is 0 Å². The van der Waals surface area contributed by atoms with E-state index in [2.05, 4.69) is 20.0 Å². The number of imidazole rings is 1. The molecule has 33 heavy (non-hydrogen) atoms. The van der Waals surface area contributed by atoms with Gasteiger partial charge in [0.25, 0.3) is 15.9 Å². The lowest BCUT2D eigenvalue weighted by molar-refractivity contribution is -0.137. The van der Waals surface area contributed by atoms with Crippen LogP contribution in [0, 0.1) is 0 Å². The average molecular weight is 476 g/mol. The summed E-state index contributed by atoms with van der Waals surface area (Å²) in [5.74, 6) is -0.661. The van der Waals surface area contributed by atoms with E-state index in [4.69, 9.17) is 0 Å². The summed E-state index contributed by atoms with van der Waals surface area (Å²) in [5, 5.41) is 2.37. The molecule has 170 valence electrons. The van der Waals surface area contributed by atoms with Gasteiger partial charge in [0.05, 0.1) is 21.5 Å². The van der Waals surface area contributed by atoms with Crippen LogP contribution in [0.5, 0.6) is 0 Å². The maximum absolute atomic E-state index is 12.8. The van der Waals surface area contributed by atoms with Crippen LogP contribution in [0.3, 0.4) is 0 Å². The predicted octanol–water partition coefficient (Wildman–Crippen LogP) is 3.93. The smallest absolute Gasteiger partial charge is 0.322 e. The van der Waals surface area contributed by atoms with Crippen LogP contribution in [0.25, 0.3) is 11.0 Å². The number of halogens is 3. The standard InChI is InChI=1S/C21H15F3N4O4S/c22-21(23,24)13-2-1-3-15(10-13)25-19(29)12-4-6-14(7-5-12)28-33(31,32)16-8-9-17-18(11-16)27-20(30)26-17/h1-11,28H,(H,25,29)(H2,26,27,30). The second kappa shape index (κ2) is 8.13. The molecule has 0 unspecified atom stereocenters. The molecule has 1 aromatic heterocycles. The van der Waals surface area contributed by atoms with E-state index in [9.17, 15) is 31.2 Å². The Labute approximate surface area is 184 Å². The highest BCUT2D eigenvalue weighted by Gasteiger charge is 2.30. The molecule has 0 bridgehead atoms. The predicted molar refractivity (Wildman–Crippen MR) is 116 cm³/mol. The topological polar surface area (TPSA) is 124 Å². The summed E-state index contributed by atoms with van der Waals surface area (Å²) in [6.45, 7) is 0. The average Bonchev–Trinajstić information content (AvgIpc) is 3.13. The lowest BCUT2D eigenvalue weighted by atomic mass is 10.1. The van der Waals surface area contributed by atoms with Gasteiger partial charge in [0.2, 0.25) is 0 Å². The molecule has 4 aromatic rings. The van der Waals surface area contributed by atoms with E-state index in [-0.39, 0.29) is 21.8 Å².